The summed E-state index contributed by atoms with van der Waals surface area (Å²) >= 11 is 0. The minimum Gasteiger partial charge on any atom is -0.455 e. The number of carbonyl (C=O) groups excluding carboxylic acids is 2. The first kappa shape index (κ1) is 22.1. The van der Waals surface area contributed by atoms with E-state index in [-0.39, 0.29) is 18.4 Å². The second kappa shape index (κ2) is 11.0. The van der Waals surface area contributed by atoms with Crippen LogP contribution >= 0.6 is 0 Å². The van der Waals surface area contributed by atoms with Crippen molar-refractivity contribution in [3.63, 3.8) is 0 Å². The van der Waals surface area contributed by atoms with Gasteiger partial charge < -0.3 is 20.7 Å². The molecule has 0 aliphatic heterocycles. The lowest BCUT2D eigenvalue weighted by Crippen LogP contribution is -2.23. The van der Waals surface area contributed by atoms with Gasteiger partial charge in [0.2, 0.25) is 11.8 Å². The Hall–Kier alpha value is -4.06. The molecule has 3 N–H and O–H groups in total. The van der Waals surface area contributed by atoms with E-state index in [1.807, 2.05) is 66.7 Å². The standard InChI is InChI=1S/C27H27N3O3/c31-26(18-20-10-4-5-11-20)29-23-15-7-6-14-22(23)28-19-27(32)30-24-16-8-9-17-25(24)33-21-12-2-1-3-13-21/h1-4,6-10,12-17,20,28H,5,11,18-19H2,(H,29,31)(H,30,32). The maximum atomic E-state index is 12.6. The van der Waals surface area contributed by atoms with Crippen molar-refractivity contribution in [2.75, 3.05) is 22.5 Å². The van der Waals surface area contributed by atoms with Gasteiger partial charge in [0, 0.05) is 6.42 Å². The summed E-state index contributed by atoms with van der Waals surface area (Å²) in [7, 11) is 0. The van der Waals surface area contributed by atoms with Crippen molar-refractivity contribution in [2.45, 2.75) is 19.3 Å². The van der Waals surface area contributed by atoms with Crippen molar-refractivity contribution in [1.82, 2.24) is 0 Å². The average Bonchev–Trinajstić information content (AvgIpc) is 3.33. The van der Waals surface area contributed by atoms with Crippen LogP contribution in [0.1, 0.15) is 19.3 Å². The van der Waals surface area contributed by atoms with Crippen molar-refractivity contribution in [1.29, 1.82) is 0 Å². The molecule has 3 aromatic carbocycles. The Balaban J connectivity index is 1.34. The van der Waals surface area contributed by atoms with Gasteiger partial charge in [-0.2, -0.15) is 0 Å². The number of anilines is 3. The van der Waals surface area contributed by atoms with Crippen LogP contribution in [0.25, 0.3) is 0 Å². The Morgan fingerprint density at radius 1 is 0.788 bits per heavy atom. The van der Waals surface area contributed by atoms with Crippen LogP contribution in [0.3, 0.4) is 0 Å². The fourth-order valence-corrected chi connectivity index (χ4v) is 3.70. The third kappa shape index (κ3) is 6.46. The van der Waals surface area contributed by atoms with Crippen molar-refractivity contribution in [2.24, 2.45) is 5.92 Å². The number of benzene rings is 3. The van der Waals surface area contributed by atoms with Crippen LogP contribution in [-0.2, 0) is 9.59 Å². The second-order valence-electron chi connectivity index (χ2n) is 7.88. The summed E-state index contributed by atoms with van der Waals surface area (Å²) in [5.41, 5.74) is 1.93. The number of nitrogens with one attached hydrogen (secondary N) is 3. The van der Waals surface area contributed by atoms with E-state index in [2.05, 4.69) is 28.1 Å². The Bertz CT molecular complexity index is 1130. The fourth-order valence-electron chi connectivity index (χ4n) is 3.70. The van der Waals surface area contributed by atoms with Crippen LogP contribution in [0, 0.1) is 5.92 Å². The lowest BCUT2D eigenvalue weighted by atomic mass is 10.0. The molecule has 0 fully saturated rings. The molecule has 6 nitrogen and oxygen atoms in total. The molecular weight excluding hydrogens is 414 g/mol. The summed E-state index contributed by atoms with van der Waals surface area (Å²) in [4.78, 5) is 25.1. The largest absolute Gasteiger partial charge is 0.455 e. The topological polar surface area (TPSA) is 79.5 Å². The molecule has 33 heavy (non-hydrogen) atoms. The summed E-state index contributed by atoms with van der Waals surface area (Å²) in [5.74, 6) is 1.29. The summed E-state index contributed by atoms with van der Waals surface area (Å²) in [6, 6.07) is 24.1. The zero-order valence-electron chi connectivity index (χ0n) is 18.3. The molecule has 0 saturated carbocycles. The maximum absolute atomic E-state index is 12.6. The number of hydrogen-bond donors (Lipinski definition) is 3. The number of amides is 2. The van der Waals surface area contributed by atoms with E-state index in [0.29, 0.717) is 40.9 Å². The van der Waals surface area contributed by atoms with Gasteiger partial charge in [-0.25, -0.2) is 0 Å². The molecule has 2 amide bonds. The molecule has 0 aromatic heterocycles. The third-order valence-electron chi connectivity index (χ3n) is 5.33. The smallest absolute Gasteiger partial charge is 0.243 e. The predicted molar refractivity (Wildman–Crippen MR) is 132 cm³/mol. The van der Waals surface area contributed by atoms with E-state index >= 15 is 0 Å². The molecular formula is C27H27N3O3. The van der Waals surface area contributed by atoms with Crippen LogP contribution in [-0.4, -0.2) is 18.4 Å². The van der Waals surface area contributed by atoms with E-state index in [1.54, 1.807) is 12.1 Å². The van der Waals surface area contributed by atoms with Crippen LogP contribution in [0.5, 0.6) is 11.5 Å². The molecule has 1 atom stereocenters. The Kier molecular flexibility index (Phi) is 7.38. The molecule has 0 radical (unpaired) electrons. The summed E-state index contributed by atoms with van der Waals surface area (Å²) < 4.78 is 5.90. The molecule has 0 bridgehead atoms. The fraction of sp³-hybridized carbons (Fsp3) is 0.185. The molecule has 1 unspecified atom stereocenters. The highest BCUT2D eigenvalue weighted by Crippen LogP contribution is 2.29. The summed E-state index contributed by atoms with van der Waals surface area (Å²) in [6.45, 7) is 0.0396. The molecule has 0 spiro atoms. The molecule has 6 heteroatoms. The van der Waals surface area contributed by atoms with Crippen molar-refractivity contribution in [3.8, 4) is 11.5 Å². The quantitative estimate of drug-likeness (QED) is 0.365. The summed E-state index contributed by atoms with van der Waals surface area (Å²) in [6.07, 6.45) is 6.74. The third-order valence-corrected chi connectivity index (χ3v) is 5.33. The highest BCUT2D eigenvalue weighted by molar-refractivity contribution is 5.97. The van der Waals surface area contributed by atoms with Gasteiger partial charge in [0.15, 0.2) is 5.75 Å². The monoisotopic (exact) mass is 441 g/mol. The second-order valence-corrected chi connectivity index (χ2v) is 7.88. The Morgan fingerprint density at radius 3 is 2.21 bits per heavy atom. The lowest BCUT2D eigenvalue weighted by molar-refractivity contribution is -0.117. The lowest BCUT2D eigenvalue weighted by Gasteiger charge is -2.15. The zero-order valence-corrected chi connectivity index (χ0v) is 18.3. The predicted octanol–water partition coefficient (Wildman–Crippen LogP) is 5.82. The average molecular weight is 442 g/mol. The number of hydrogen-bond acceptors (Lipinski definition) is 4. The normalized spacial score (nSPS) is 14.5. The van der Waals surface area contributed by atoms with Crippen molar-refractivity contribution in [3.05, 3.63) is 91.0 Å². The number of carbonyl (C=O) groups is 2. The molecule has 0 saturated heterocycles. The van der Waals surface area contributed by atoms with Gasteiger partial charge in [0.05, 0.1) is 23.6 Å². The van der Waals surface area contributed by atoms with Crippen molar-refractivity contribution >= 4 is 28.9 Å². The van der Waals surface area contributed by atoms with Gasteiger partial charge in [-0.05, 0) is 55.2 Å². The maximum Gasteiger partial charge on any atom is 0.243 e. The highest BCUT2D eigenvalue weighted by atomic mass is 16.5. The minimum atomic E-state index is -0.226. The van der Waals surface area contributed by atoms with Gasteiger partial charge in [0.1, 0.15) is 5.75 Å². The number of rotatable bonds is 9. The Morgan fingerprint density at radius 2 is 1.45 bits per heavy atom. The zero-order chi connectivity index (χ0) is 22.9. The molecule has 4 rings (SSSR count). The minimum absolute atomic E-state index is 0.0303. The van der Waals surface area contributed by atoms with Crippen LogP contribution in [0.15, 0.2) is 91.0 Å². The van der Waals surface area contributed by atoms with E-state index in [1.165, 1.54) is 0 Å². The molecule has 3 aromatic rings. The Labute approximate surface area is 193 Å². The molecule has 1 aliphatic carbocycles. The number of allylic oxidation sites excluding steroid dienone is 2. The van der Waals surface area contributed by atoms with Gasteiger partial charge in [0.25, 0.3) is 0 Å². The van der Waals surface area contributed by atoms with E-state index in [0.717, 1.165) is 12.8 Å². The molecule has 0 heterocycles. The SMILES string of the molecule is O=C(CC1C=CCC1)Nc1ccccc1NCC(=O)Nc1ccccc1Oc1ccccc1. The van der Waals surface area contributed by atoms with Gasteiger partial charge in [-0.1, -0.05) is 54.6 Å². The van der Waals surface area contributed by atoms with Gasteiger partial charge in [-0.3, -0.25) is 9.59 Å². The highest BCUT2D eigenvalue weighted by Gasteiger charge is 2.15. The summed E-state index contributed by atoms with van der Waals surface area (Å²) in [5, 5.41) is 8.97. The van der Waals surface area contributed by atoms with Gasteiger partial charge >= 0.3 is 0 Å². The molecule has 168 valence electrons. The van der Waals surface area contributed by atoms with E-state index in [4.69, 9.17) is 4.74 Å². The first-order chi connectivity index (χ1) is 16.2. The van der Waals surface area contributed by atoms with Crippen molar-refractivity contribution < 1.29 is 14.3 Å². The first-order valence-corrected chi connectivity index (χ1v) is 11.1. The first-order valence-electron chi connectivity index (χ1n) is 11.1. The van der Waals surface area contributed by atoms with E-state index < -0.39 is 0 Å². The van der Waals surface area contributed by atoms with Crippen LogP contribution in [0.2, 0.25) is 0 Å². The number of para-hydroxylation sites is 5. The number of ether oxygens (including phenoxy) is 1. The van der Waals surface area contributed by atoms with Crippen LogP contribution in [0.4, 0.5) is 17.1 Å². The molecule has 1 aliphatic rings. The van der Waals surface area contributed by atoms with E-state index in [9.17, 15) is 9.59 Å². The van der Waals surface area contributed by atoms with Crippen LogP contribution < -0.4 is 20.7 Å². The van der Waals surface area contributed by atoms with Gasteiger partial charge in [-0.15, -0.1) is 0 Å².